The molecule has 0 aliphatic heterocycles. The number of hydrogen-bond donors (Lipinski definition) is 0. The summed E-state index contributed by atoms with van der Waals surface area (Å²) in [6.45, 7) is 3.64. The molecular formula is C23H30N2O2. The van der Waals surface area contributed by atoms with Gasteiger partial charge in [-0.2, -0.15) is 0 Å². The minimum Gasteiger partial charge on any atom is -0.423 e. The second-order valence-electron chi connectivity index (χ2n) is 7.67. The topological polar surface area (TPSA) is 52.1 Å². The van der Waals surface area contributed by atoms with E-state index in [0.29, 0.717) is 17.5 Å². The summed E-state index contributed by atoms with van der Waals surface area (Å²) in [4.78, 5) is 19.6. The van der Waals surface area contributed by atoms with E-state index in [0.717, 1.165) is 11.5 Å². The molecule has 4 nitrogen and oxygen atoms in total. The van der Waals surface area contributed by atoms with Crippen LogP contribution < -0.4 is 4.74 Å². The lowest BCUT2D eigenvalue weighted by atomic mass is 9.77. The van der Waals surface area contributed by atoms with Gasteiger partial charge in [-0.05, 0) is 43.1 Å². The molecule has 4 heteroatoms. The molecule has 0 bridgehead atoms. The van der Waals surface area contributed by atoms with Gasteiger partial charge in [0.2, 0.25) is 0 Å². The Labute approximate surface area is 162 Å². The summed E-state index contributed by atoms with van der Waals surface area (Å²) in [5.41, 5.74) is 2.42. The van der Waals surface area contributed by atoms with Crippen LogP contribution in [0.1, 0.15) is 76.7 Å². The second kappa shape index (κ2) is 9.63. The third kappa shape index (κ3) is 5.62. The second-order valence-corrected chi connectivity index (χ2v) is 7.67. The molecule has 0 N–H and O–H groups in total. The standard InChI is InChI=1S/C23H30N2O2/c1-3-4-5-6-18-7-9-19(10-8-18)20-11-13-21(14-12-20)23-24-15-22(16-25-23)27-17(2)26/h11-16,18-19H,3-10H2,1-2H3/t18-,19-. The zero-order chi connectivity index (χ0) is 19.1. The molecule has 144 valence electrons. The molecule has 1 aromatic carbocycles. The van der Waals surface area contributed by atoms with Crippen molar-refractivity contribution >= 4 is 5.97 Å². The van der Waals surface area contributed by atoms with Gasteiger partial charge in [-0.3, -0.25) is 4.79 Å². The number of carbonyl (C=O) groups excluding carboxylic acids is 1. The lowest BCUT2D eigenvalue weighted by molar-refractivity contribution is -0.131. The zero-order valence-corrected chi connectivity index (χ0v) is 16.5. The molecule has 0 spiro atoms. The predicted octanol–water partition coefficient (Wildman–Crippen LogP) is 5.92. The maximum absolute atomic E-state index is 11.0. The molecule has 27 heavy (non-hydrogen) atoms. The molecule has 2 aromatic rings. The van der Waals surface area contributed by atoms with Gasteiger partial charge in [0, 0.05) is 12.5 Å². The highest BCUT2D eigenvalue weighted by Gasteiger charge is 2.22. The molecule has 0 atom stereocenters. The van der Waals surface area contributed by atoms with Crippen LogP contribution in [0.2, 0.25) is 0 Å². The van der Waals surface area contributed by atoms with E-state index < -0.39 is 0 Å². The first-order chi connectivity index (χ1) is 13.2. The largest absolute Gasteiger partial charge is 0.423 e. The summed E-state index contributed by atoms with van der Waals surface area (Å²) >= 11 is 0. The van der Waals surface area contributed by atoms with Crippen molar-refractivity contribution in [2.24, 2.45) is 5.92 Å². The first-order valence-electron chi connectivity index (χ1n) is 10.3. The van der Waals surface area contributed by atoms with E-state index in [2.05, 4.69) is 41.2 Å². The molecule has 3 rings (SSSR count). The number of rotatable bonds is 7. The van der Waals surface area contributed by atoms with E-state index in [1.165, 1.54) is 76.2 Å². The predicted molar refractivity (Wildman–Crippen MR) is 108 cm³/mol. The van der Waals surface area contributed by atoms with E-state index in [1.807, 2.05) is 0 Å². The average molecular weight is 367 g/mol. The molecule has 1 saturated carbocycles. The number of ether oxygens (including phenoxy) is 1. The maximum atomic E-state index is 11.0. The van der Waals surface area contributed by atoms with Crippen LogP contribution in [-0.4, -0.2) is 15.9 Å². The van der Waals surface area contributed by atoms with Crippen LogP contribution in [0.15, 0.2) is 36.7 Å². The van der Waals surface area contributed by atoms with Crippen molar-refractivity contribution < 1.29 is 9.53 Å². The average Bonchev–Trinajstić information content (AvgIpc) is 2.69. The van der Waals surface area contributed by atoms with E-state index in [-0.39, 0.29) is 5.97 Å². The van der Waals surface area contributed by atoms with Crippen LogP contribution in [0.4, 0.5) is 0 Å². The first kappa shape index (κ1) is 19.5. The number of esters is 1. The molecule has 0 radical (unpaired) electrons. The first-order valence-corrected chi connectivity index (χ1v) is 10.3. The molecule has 1 aliphatic carbocycles. The Morgan fingerprint density at radius 3 is 2.30 bits per heavy atom. The Bertz CT molecular complexity index is 717. The van der Waals surface area contributed by atoms with Gasteiger partial charge in [0.25, 0.3) is 0 Å². The molecular weight excluding hydrogens is 336 g/mol. The van der Waals surface area contributed by atoms with Gasteiger partial charge in [-0.1, -0.05) is 56.9 Å². The summed E-state index contributed by atoms with van der Waals surface area (Å²) in [5.74, 6) is 2.29. The van der Waals surface area contributed by atoms with Crippen molar-refractivity contribution in [3.63, 3.8) is 0 Å². The van der Waals surface area contributed by atoms with Crippen LogP contribution in [0, 0.1) is 5.92 Å². The Kier molecular flexibility index (Phi) is 6.97. The molecule has 1 fully saturated rings. The third-order valence-corrected chi connectivity index (χ3v) is 5.59. The van der Waals surface area contributed by atoms with E-state index in [1.54, 1.807) is 0 Å². The monoisotopic (exact) mass is 366 g/mol. The van der Waals surface area contributed by atoms with Gasteiger partial charge < -0.3 is 4.74 Å². The number of nitrogens with zero attached hydrogens (tertiary/aromatic N) is 2. The number of carbonyl (C=O) groups is 1. The molecule has 0 amide bonds. The van der Waals surface area contributed by atoms with Crippen molar-refractivity contribution in [2.45, 2.75) is 71.1 Å². The fourth-order valence-corrected chi connectivity index (χ4v) is 4.06. The molecule has 1 aliphatic rings. The van der Waals surface area contributed by atoms with Gasteiger partial charge in [-0.25, -0.2) is 9.97 Å². The van der Waals surface area contributed by atoms with Gasteiger partial charge in [0.05, 0.1) is 12.4 Å². The lowest BCUT2D eigenvalue weighted by Gasteiger charge is -2.29. The summed E-state index contributed by atoms with van der Waals surface area (Å²) in [6.07, 6.45) is 14.0. The van der Waals surface area contributed by atoms with Crippen LogP contribution in [0.5, 0.6) is 5.75 Å². The SMILES string of the molecule is CCCCC[C@H]1CC[C@H](c2ccc(-c3ncc(OC(C)=O)cn3)cc2)CC1. The van der Waals surface area contributed by atoms with Crippen LogP contribution in [0.3, 0.4) is 0 Å². The number of aromatic nitrogens is 2. The minimum absolute atomic E-state index is 0.365. The Morgan fingerprint density at radius 2 is 1.70 bits per heavy atom. The minimum atomic E-state index is -0.365. The highest BCUT2D eigenvalue weighted by Crippen LogP contribution is 2.38. The quantitative estimate of drug-likeness (QED) is 0.450. The summed E-state index contributed by atoms with van der Waals surface area (Å²) in [5, 5.41) is 0. The zero-order valence-electron chi connectivity index (χ0n) is 16.5. The normalized spacial score (nSPS) is 19.6. The van der Waals surface area contributed by atoms with Crippen LogP contribution >= 0.6 is 0 Å². The smallest absolute Gasteiger partial charge is 0.308 e. The Hall–Kier alpha value is -2.23. The summed E-state index contributed by atoms with van der Waals surface area (Å²) in [6, 6.07) is 8.65. The lowest BCUT2D eigenvalue weighted by Crippen LogP contribution is -2.13. The van der Waals surface area contributed by atoms with E-state index >= 15 is 0 Å². The van der Waals surface area contributed by atoms with Gasteiger partial charge in [0.1, 0.15) is 0 Å². The van der Waals surface area contributed by atoms with Crippen molar-refractivity contribution in [3.05, 3.63) is 42.2 Å². The Morgan fingerprint density at radius 1 is 1.04 bits per heavy atom. The van der Waals surface area contributed by atoms with Gasteiger partial charge in [0.15, 0.2) is 11.6 Å². The van der Waals surface area contributed by atoms with E-state index in [4.69, 9.17) is 4.74 Å². The fraction of sp³-hybridized carbons (Fsp3) is 0.522. The van der Waals surface area contributed by atoms with Crippen LogP contribution in [-0.2, 0) is 4.79 Å². The van der Waals surface area contributed by atoms with Crippen molar-refractivity contribution in [1.29, 1.82) is 0 Å². The fourth-order valence-electron chi connectivity index (χ4n) is 4.06. The maximum Gasteiger partial charge on any atom is 0.308 e. The van der Waals surface area contributed by atoms with Crippen LogP contribution in [0.25, 0.3) is 11.4 Å². The van der Waals surface area contributed by atoms with Crippen molar-refractivity contribution in [2.75, 3.05) is 0 Å². The van der Waals surface area contributed by atoms with E-state index in [9.17, 15) is 4.79 Å². The highest BCUT2D eigenvalue weighted by atomic mass is 16.5. The third-order valence-electron chi connectivity index (χ3n) is 5.59. The summed E-state index contributed by atoms with van der Waals surface area (Å²) in [7, 11) is 0. The number of benzene rings is 1. The highest BCUT2D eigenvalue weighted by molar-refractivity contribution is 5.69. The molecule has 0 saturated heterocycles. The van der Waals surface area contributed by atoms with Crippen molar-refractivity contribution in [1.82, 2.24) is 9.97 Å². The van der Waals surface area contributed by atoms with Crippen molar-refractivity contribution in [3.8, 4) is 17.1 Å². The molecule has 0 unspecified atom stereocenters. The molecule has 1 aromatic heterocycles. The molecule has 1 heterocycles. The van der Waals surface area contributed by atoms with Gasteiger partial charge >= 0.3 is 5.97 Å². The summed E-state index contributed by atoms with van der Waals surface area (Å²) < 4.78 is 4.98. The Balaban J connectivity index is 1.55. The van der Waals surface area contributed by atoms with Gasteiger partial charge in [-0.15, -0.1) is 0 Å². The number of unbranched alkanes of at least 4 members (excludes halogenated alkanes) is 2. The number of hydrogen-bond acceptors (Lipinski definition) is 4.